The van der Waals surface area contributed by atoms with Gasteiger partial charge in [-0.1, -0.05) is 11.6 Å². The zero-order valence-electron chi connectivity index (χ0n) is 17.6. The van der Waals surface area contributed by atoms with E-state index in [0.717, 1.165) is 18.2 Å². The third-order valence-corrected chi connectivity index (χ3v) is 7.47. The molecule has 4 aromatic rings. The summed E-state index contributed by atoms with van der Waals surface area (Å²) >= 11 is 9.40. The zero-order valence-corrected chi connectivity index (χ0v) is 20.7. The fraction of sp³-hybridized carbons (Fsp3) is 0.0455. The van der Waals surface area contributed by atoms with Gasteiger partial charge < -0.3 is 13.9 Å². The molecule has 0 radical (unpaired) electrons. The Balaban J connectivity index is 2.06. The maximum absolute atomic E-state index is 14.2. The van der Waals surface area contributed by atoms with Gasteiger partial charge in [0.15, 0.2) is 0 Å². The lowest BCUT2D eigenvalue weighted by Gasteiger charge is -2.17. The second-order valence-electron chi connectivity index (χ2n) is 7.13. The van der Waals surface area contributed by atoms with Gasteiger partial charge in [0, 0.05) is 32.6 Å². The Morgan fingerprint density at radius 1 is 0.917 bits per heavy atom. The van der Waals surface area contributed by atoms with Crippen LogP contribution in [0.2, 0.25) is 5.02 Å². The Bertz CT molecular complexity index is 1700. The Morgan fingerprint density at radius 3 is 2.14 bits per heavy atom. The SMILES string of the molecule is COc1cc(Br)c(Cl)cc1-c1c(S(=O)(=O)Oc2c(F)c(F)c(F)c(F)c2F)ccc2[nH]c(=O)ccc12. The number of H-pyrrole nitrogens is 1. The number of ether oxygens (including phenoxy) is 1. The first-order chi connectivity index (χ1) is 16.9. The molecule has 0 aliphatic rings. The van der Waals surface area contributed by atoms with Crippen molar-refractivity contribution < 1.29 is 39.3 Å². The van der Waals surface area contributed by atoms with E-state index in [1.165, 1.54) is 25.3 Å². The van der Waals surface area contributed by atoms with Crippen molar-refractivity contribution in [3.8, 4) is 22.6 Å². The fourth-order valence-electron chi connectivity index (χ4n) is 3.41. The summed E-state index contributed by atoms with van der Waals surface area (Å²) in [5, 5.41) is 0.213. The summed E-state index contributed by atoms with van der Waals surface area (Å²) in [6.45, 7) is 0. The molecule has 1 N–H and O–H groups in total. The van der Waals surface area contributed by atoms with Crippen molar-refractivity contribution >= 4 is 48.6 Å². The molecule has 0 aliphatic heterocycles. The molecule has 0 spiro atoms. The van der Waals surface area contributed by atoms with E-state index in [2.05, 4.69) is 25.1 Å². The number of hydrogen-bond donors (Lipinski definition) is 1. The standard InChI is InChI=1S/C22H10BrClF5NO5S/c1-34-13-7-10(23)11(24)6-9(13)16-8-2-5-15(31)30-12(8)3-4-14(16)36(32,33)35-22-20(28)18(26)17(25)19(27)21(22)29/h2-7H,1H3,(H,30,31). The number of pyridine rings is 1. The summed E-state index contributed by atoms with van der Waals surface area (Å²) in [5.74, 6) is -14.2. The van der Waals surface area contributed by atoms with Crippen LogP contribution in [0.25, 0.3) is 22.0 Å². The molecular weight excluding hydrogens is 601 g/mol. The van der Waals surface area contributed by atoms with Crippen LogP contribution in [0.5, 0.6) is 11.5 Å². The van der Waals surface area contributed by atoms with E-state index in [4.69, 9.17) is 16.3 Å². The largest absolute Gasteiger partial charge is 0.496 e. The van der Waals surface area contributed by atoms with Crippen molar-refractivity contribution in [1.29, 1.82) is 0 Å². The molecule has 0 saturated carbocycles. The Morgan fingerprint density at radius 2 is 1.53 bits per heavy atom. The van der Waals surface area contributed by atoms with Crippen molar-refractivity contribution in [2.45, 2.75) is 4.90 Å². The summed E-state index contributed by atoms with van der Waals surface area (Å²) in [4.78, 5) is 13.6. The molecule has 1 heterocycles. The van der Waals surface area contributed by atoms with E-state index in [1.54, 1.807) is 0 Å². The van der Waals surface area contributed by atoms with Gasteiger partial charge in [-0.3, -0.25) is 4.79 Å². The molecular formula is C22H10BrClF5NO5S. The summed E-state index contributed by atoms with van der Waals surface area (Å²) in [6, 6.07) is 7.13. The maximum Gasteiger partial charge on any atom is 0.340 e. The van der Waals surface area contributed by atoms with Crippen LogP contribution in [-0.2, 0) is 10.1 Å². The molecule has 3 aromatic carbocycles. The van der Waals surface area contributed by atoms with E-state index in [-0.39, 0.29) is 32.8 Å². The fourth-order valence-corrected chi connectivity index (χ4v) is 5.05. The second-order valence-corrected chi connectivity index (χ2v) is 9.90. The topological polar surface area (TPSA) is 85.5 Å². The van der Waals surface area contributed by atoms with Gasteiger partial charge in [0.1, 0.15) is 10.6 Å². The van der Waals surface area contributed by atoms with Gasteiger partial charge in [-0.2, -0.15) is 17.2 Å². The first-order valence-electron chi connectivity index (χ1n) is 9.52. The van der Waals surface area contributed by atoms with E-state index in [0.29, 0.717) is 4.47 Å². The molecule has 0 fully saturated rings. The zero-order chi connectivity index (χ0) is 26.5. The summed E-state index contributed by atoms with van der Waals surface area (Å²) < 4.78 is 106. The van der Waals surface area contributed by atoms with Gasteiger partial charge >= 0.3 is 10.1 Å². The maximum atomic E-state index is 14.2. The van der Waals surface area contributed by atoms with Crippen molar-refractivity contribution in [3.05, 3.63) is 85.3 Å². The van der Waals surface area contributed by atoms with Gasteiger partial charge in [-0.05, 0) is 46.3 Å². The molecule has 6 nitrogen and oxygen atoms in total. The van der Waals surface area contributed by atoms with E-state index >= 15 is 0 Å². The molecule has 1 aromatic heterocycles. The van der Waals surface area contributed by atoms with Gasteiger partial charge in [0.25, 0.3) is 0 Å². The molecule has 14 heteroatoms. The molecule has 188 valence electrons. The quantitative estimate of drug-likeness (QED) is 0.128. The van der Waals surface area contributed by atoms with Crippen LogP contribution >= 0.6 is 27.5 Å². The highest BCUT2D eigenvalue weighted by Crippen LogP contribution is 2.43. The lowest BCUT2D eigenvalue weighted by atomic mass is 9.99. The summed E-state index contributed by atoms with van der Waals surface area (Å²) in [5.41, 5.74) is -0.530. The lowest BCUT2D eigenvalue weighted by molar-refractivity contribution is 0.347. The number of benzene rings is 3. The van der Waals surface area contributed by atoms with Gasteiger partial charge in [0.2, 0.25) is 40.4 Å². The molecule has 0 bridgehead atoms. The minimum absolute atomic E-state index is 0.0444. The number of methoxy groups -OCH3 is 1. The second kappa shape index (κ2) is 9.37. The molecule has 36 heavy (non-hydrogen) atoms. The van der Waals surface area contributed by atoms with E-state index < -0.39 is 55.4 Å². The van der Waals surface area contributed by atoms with Crippen LogP contribution in [0, 0.1) is 29.1 Å². The Kier molecular flexibility index (Phi) is 6.75. The molecule has 0 amide bonds. The smallest absolute Gasteiger partial charge is 0.340 e. The van der Waals surface area contributed by atoms with Gasteiger partial charge in [-0.15, -0.1) is 0 Å². The lowest BCUT2D eigenvalue weighted by Crippen LogP contribution is -2.16. The first kappa shape index (κ1) is 25.9. The van der Waals surface area contributed by atoms with Crippen LogP contribution in [0.15, 0.2) is 50.6 Å². The summed E-state index contributed by atoms with van der Waals surface area (Å²) in [6.07, 6.45) is 0. The number of hydrogen-bond acceptors (Lipinski definition) is 5. The monoisotopic (exact) mass is 609 g/mol. The predicted molar refractivity (Wildman–Crippen MR) is 123 cm³/mol. The van der Waals surface area contributed by atoms with Crippen LogP contribution in [0.1, 0.15) is 0 Å². The Hall–Kier alpha value is -3.16. The molecule has 0 saturated heterocycles. The molecule has 0 unspecified atom stereocenters. The van der Waals surface area contributed by atoms with E-state index in [1.807, 2.05) is 0 Å². The van der Waals surface area contributed by atoms with Crippen LogP contribution in [-0.4, -0.2) is 20.5 Å². The van der Waals surface area contributed by atoms with Gasteiger partial charge in [-0.25, -0.2) is 13.2 Å². The first-order valence-corrected chi connectivity index (χ1v) is 12.1. The van der Waals surface area contributed by atoms with Crippen LogP contribution < -0.4 is 14.5 Å². The third-order valence-electron chi connectivity index (χ3n) is 5.01. The normalized spacial score (nSPS) is 11.7. The van der Waals surface area contributed by atoms with Gasteiger partial charge in [0.05, 0.1) is 12.1 Å². The highest BCUT2D eigenvalue weighted by atomic mass is 79.9. The minimum atomic E-state index is -5.27. The van der Waals surface area contributed by atoms with Crippen molar-refractivity contribution in [2.24, 2.45) is 0 Å². The van der Waals surface area contributed by atoms with Crippen LogP contribution in [0.3, 0.4) is 0 Å². The number of aromatic amines is 1. The average Bonchev–Trinajstić information content (AvgIpc) is 2.84. The molecule has 0 atom stereocenters. The Labute approximate surface area is 212 Å². The number of nitrogens with one attached hydrogen (secondary N) is 1. The minimum Gasteiger partial charge on any atom is -0.496 e. The molecule has 4 rings (SSSR count). The summed E-state index contributed by atoms with van der Waals surface area (Å²) in [7, 11) is -4.00. The third kappa shape index (κ3) is 4.31. The van der Waals surface area contributed by atoms with Crippen LogP contribution in [0.4, 0.5) is 22.0 Å². The highest BCUT2D eigenvalue weighted by molar-refractivity contribution is 9.10. The number of fused-ring (bicyclic) bond motifs is 1. The predicted octanol–water partition coefficient (Wildman–Crippen LogP) is 6.08. The molecule has 0 aliphatic carbocycles. The number of aromatic nitrogens is 1. The van der Waals surface area contributed by atoms with Crippen molar-refractivity contribution in [1.82, 2.24) is 4.98 Å². The number of halogens is 7. The number of rotatable bonds is 5. The highest BCUT2D eigenvalue weighted by Gasteiger charge is 2.33. The van der Waals surface area contributed by atoms with E-state index in [9.17, 15) is 35.2 Å². The average molecular weight is 611 g/mol. The van der Waals surface area contributed by atoms with Crippen molar-refractivity contribution in [2.75, 3.05) is 7.11 Å². The van der Waals surface area contributed by atoms with Crippen molar-refractivity contribution in [3.63, 3.8) is 0 Å².